The lowest BCUT2D eigenvalue weighted by Crippen LogP contribution is -2.46. The van der Waals surface area contributed by atoms with Gasteiger partial charge in [-0.15, -0.1) is 0 Å². The molecule has 5 aromatic rings. The van der Waals surface area contributed by atoms with Crippen molar-refractivity contribution in [1.82, 2.24) is 24.9 Å². The van der Waals surface area contributed by atoms with Crippen LogP contribution < -0.4 is 5.32 Å². The van der Waals surface area contributed by atoms with E-state index in [1.807, 2.05) is 41.1 Å². The van der Waals surface area contributed by atoms with Crippen LogP contribution in [0.3, 0.4) is 0 Å². The summed E-state index contributed by atoms with van der Waals surface area (Å²) in [6, 6.07) is 15.7. The number of nitrogens with zero attached hydrogens (tertiary/aromatic N) is 3. The number of pyridine rings is 1. The van der Waals surface area contributed by atoms with E-state index < -0.39 is 5.60 Å². The summed E-state index contributed by atoms with van der Waals surface area (Å²) in [5.74, 6) is -0.511. The summed E-state index contributed by atoms with van der Waals surface area (Å²) in [5, 5.41) is 22.7. The minimum absolute atomic E-state index is 0.189. The van der Waals surface area contributed by atoms with Crippen molar-refractivity contribution in [2.75, 3.05) is 0 Å². The number of rotatable bonds is 5. The summed E-state index contributed by atoms with van der Waals surface area (Å²) >= 11 is 0. The number of hydrogen-bond acceptors (Lipinski definition) is 4. The smallest absolute Gasteiger partial charge is 0.251 e. The summed E-state index contributed by atoms with van der Waals surface area (Å²) in [5.41, 5.74) is 3.33. The number of hydrogen-bond donors (Lipinski definition) is 3. The molecule has 1 saturated carbocycles. The predicted molar refractivity (Wildman–Crippen MR) is 135 cm³/mol. The lowest BCUT2D eigenvalue weighted by atomic mass is 9.78. The molecule has 1 fully saturated rings. The average molecular weight is 484 g/mol. The molecule has 6 rings (SSSR count). The Kier molecular flexibility index (Phi) is 5.53. The van der Waals surface area contributed by atoms with Crippen LogP contribution in [0, 0.1) is 5.82 Å². The molecule has 3 aromatic heterocycles. The molecule has 2 aromatic carbocycles. The van der Waals surface area contributed by atoms with Gasteiger partial charge in [0.1, 0.15) is 17.2 Å². The Bertz CT molecular complexity index is 1570. The molecule has 3 heterocycles. The van der Waals surface area contributed by atoms with Crippen molar-refractivity contribution in [3.63, 3.8) is 0 Å². The second-order valence-electron chi connectivity index (χ2n) is 9.70. The Balaban J connectivity index is 1.21. The number of benzene rings is 2. The van der Waals surface area contributed by atoms with E-state index in [0.717, 1.165) is 40.6 Å². The molecule has 0 radical (unpaired) electrons. The van der Waals surface area contributed by atoms with Crippen LogP contribution in [0.4, 0.5) is 4.39 Å². The van der Waals surface area contributed by atoms with E-state index in [4.69, 9.17) is 0 Å². The number of aromatic nitrogens is 4. The molecule has 8 heteroatoms. The maximum Gasteiger partial charge on any atom is 0.251 e. The van der Waals surface area contributed by atoms with Gasteiger partial charge in [-0.3, -0.25) is 9.89 Å². The third kappa shape index (κ3) is 4.24. The molecule has 36 heavy (non-hydrogen) atoms. The molecular formula is C28H26FN5O2. The third-order valence-electron chi connectivity index (χ3n) is 7.12. The Hall–Kier alpha value is -4.04. The van der Waals surface area contributed by atoms with E-state index in [2.05, 4.69) is 20.5 Å². The maximum atomic E-state index is 14.2. The Morgan fingerprint density at radius 3 is 3.00 bits per heavy atom. The highest BCUT2D eigenvalue weighted by atomic mass is 19.1. The summed E-state index contributed by atoms with van der Waals surface area (Å²) < 4.78 is 16.1. The second-order valence-corrected chi connectivity index (χ2v) is 9.70. The number of imidazole rings is 1. The SMILES string of the molecule is O=C(NC1CCCC(O)(Cc2ccccc2F)C1)c1ccc2[nH]nc(-c3ccc4nccn4c3)c2c1. The quantitative estimate of drug-likeness (QED) is 0.339. The van der Waals surface area contributed by atoms with Crippen LogP contribution in [0.1, 0.15) is 41.6 Å². The highest BCUT2D eigenvalue weighted by molar-refractivity contribution is 6.01. The first-order chi connectivity index (χ1) is 17.5. The number of carbonyl (C=O) groups is 1. The molecule has 0 saturated heterocycles. The fourth-order valence-corrected chi connectivity index (χ4v) is 5.32. The molecule has 0 bridgehead atoms. The van der Waals surface area contributed by atoms with Crippen LogP contribution in [0.2, 0.25) is 0 Å². The number of aliphatic hydroxyl groups is 1. The molecule has 3 N–H and O–H groups in total. The van der Waals surface area contributed by atoms with Gasteiger partial charge in [0, 0.05) is 47.6 Å². The summed E-state index contributed by atoms with van der Waals surface area (Å²) in [6.45, 7) is 0. The average Bonchev–Trinajstić information content (AvgIpc) is 3.51. The molecule has 182 valence electrons. The molecule has 0 aliphatic heterocycles. The van der Waals surface area contributed by atoms with Gasteiger partial charge in [0.15, 0.2) is 0 Å². The van der Waals surface area contributed by atoms with Gasteiger partial charge in [-0.1, -0.05) is 18.2 Å². The number of carbonyl (C=O) groups excluding carboxylic acids is 1. The van der Waals surface area contributed by atoms with Crippen LogP contribution in [-0.2, 0) is 6.42 Å². The van der Waals surface area contributed by atoms with E-state index in [1.165, 1.54) is 6.07 Å². The topological polar surface area (TPSA) is 95.3 Å². The standard InChI is InChI=1S/C28H26FN5O2/c29-23-6-2-1-4-19(23)15-28(36)11-3-5-21(16-28)31-27(35)18-7-9-24-22(14-18)26(33-32-24)20-8-10-25-30-12-13-34(25)17-20/h1-2,4,6-10,12-14,17,21,36H,3,5,11,15-16H2,(H,31,35)(H,32,33). The molecule has 0 spiro atoms. The van der Waals surface area contributed by atoms with Gasteiger partial charge >= 0.3 is 0 Å². The first-order valence-corrected chi connectivity index (χ1v) is 12.2. The van der Waals surface area contributed by atoms with Crippen molar-refractivity contribution in [2.24, 2.45) is 0 Å². The fraction of sp³-hybridized carbons (Fsp3) is 0.250. The number of fused-ring (bicyclic) bond motifs is 2. The number of H-pyrrole nitrogens is 1. The number of halogens is 1. The van der Waals surface area contributed by atoms with E-state index in [-0.39, 0.29) is 24.2 Å². The minimum atomic E-state index is -1.05. The van der Waals surface area contributed by atoms with Gasteiger partial charge in [0.25, 0.3) is 5.91 Å². The molecule has 1 amide bonds. The lowest BCUT2D eigenvalue weighted by molar-refractivity contribution is -0.00685. The predicted octanol–water partition coefficient (Wildman–Crippen LogP) is 4.66. The number of amides is 1. The molecule has 1 aliphatic rings. The van der Waals surface area contributed by atoms with E-state index in [9.17, 15) is 14.3 Å². The van der Waals surface area contributed by atoms with Crippen LogP contribution in [-0.4, -0.2) is 42.2 Å². The van der Waals surface area contributed by atoms with Crippen molar-refractivity contribution in [3.8, 4) is 11.3 Å². The zero-order chi connectivity index (χ0) is 24.7. The number of nitrogens with one attached hydrogen (secondary N) is 2. The Morgan fingerprint density at radius 1 is 1.22 bits per heavy atom. The fourth-order valence-electron chi connectivity index (χ4n) is 5.32. The van der Waals surface area contributed by atoms with E-state index in [0.29, 0.717) is 24.0 Å². The van der Waals surface area contributed by atoms with Gasteiger partial charge in [-0.05, 0) is 67.6 Å². The zero-order valence-corrected chi connectivity index (χ0v) is 19.6. The summed E-state index contributed by atoms with van der Waals surface area (Å²) in [6.07, 6.45) is 8.32. The normalized spacial score (nSPS) is 20.1. The van der Waals surface area contributed by atoms with E-state index in [1.54, 1.807) is 30.5 Å². The molecule has 2 unspecified atom stereocenters. The lowest BCUT2D eigenvalue weighted by Gasteiger charge is -2.37. The van der Waals surface area contributed by atoms with Crippen molar-refractivity contribution in [1.29, 1.82) is 0 Å². The van der Waals surface area contributed by atoms with Gasteiger partial charge in [-0.25, -0.2) is 9.37 Å². The zero-order valence-electron chi connectivity index (χ0n) is 19.6. The van der Waals surface area contributed by atoms with Gasteiger partial charge in [-0.2, -0.15) is 5.10 Å². The molecular weight excluding hydrogens is 457 g/mol. The first-order valence-electron chi connectivity index (χ1n) is 12.2. The largest absolute Gasteiger partial charge is 0.389 e. The van der Waals surface area contributed by atoms with Crippen molar-refractivity contribution >= 4 is 22.5 Å². The van der Waals surface area contributed by atoms with E-state index >= 15 is 0 Å². The Morgan fingerprint density at radius 2 is 2.11 bits per heavy atom. The van der Waals surface area contributed by atoms with Crippen molar-refractivity contribution in [2.45, 2.75) is 43.7 Å². The van der Waals surface area contributed by atoms with Crippen LogP contribution in [0.25, 0.3) is 27.8 Å². The van der Waals surface area contributed by atoms with Crippen molar-refractivity contribution in [3.05, 3.63) is 90.1 Å². The first kappa shape index (κ1) is 22.4. The summed E-state index contributed by atoms with van der Waals surface area (Å²) in [4.78, 5) is 17.5. The van der Waals surface area contributed by atoms with Gasteiger partial charge in [0.05, 0.1) is 11.1 Å². The van der Waals surface area contributed by atoms with Gasteiger partial charge < -0.3 is 14.8 Å². The highest BCUT2D eigenvalue weighted by Gasteiger charge is 2.35. The maximum absolute atomic E-state index is 14.2. The Labute approximate surface area is 207 Å². The molecule has 7 nitrogen and oxygen atoms in total. The van der Waals surface area contributed by atoms with Crippen LogP contribution in [0.15, 0.2) is 73.2 Å². The third-order valence-corrected chi connectivity index (χ3v) is 7.12. The molecule has 1 aliphatic carbocycles. The van der Waals surface area contributed by atoms with Gasteiger partial charge in [0.2, 0.25) is 0 Å². The highest BCUT2D eigenvalue weighted by Crippen LogP contribution is 2.33. The van der Waals surface area contributed by atoms with Crippen molar-refractivity contribution < 1.29 is 14.3 Å². The van der Waals surface area contributed by atoms with Crippen LogP contribution >= 0.6 is 0 Å². The number of aromatic amines is 1. The second kappa shape index (κ2) is 8.87. The molecule has 2 atom stereocenters. The summed E-state index contributed by atoms with van der Waals surface area (Å²) in [7, 11) is 0. The van der Waals surface area contributed by atoms with Crippen LogP contribution in [0.5, 0.6) is 0 Å². The monoisotopic (exact) mass is 483 g/mol. The minimum Gasteiger partial charge on any atom is -0.389 e.